The molecule has 0 aliphatic heterocycles. The third-order valence-corrected chi connectivity index (χ3v) is 4.33. The topological polar surface area (TPSA) is 37.3 Å². The van der Waals surface area contributed by atoms with E-state index >= 15 is 0 Å². The first-order valence-corrected chi connectivity index (χ1v) is 7.18. The number of halogens is 1. The van der Waals surface area contributed by atoms with Gasteiger partial charge in [-0.15, -0.1) is 11.8 Å². The summed E-state index contributed by atoms with van der Waals surface area (Å²) in [5.74, 6) is 0.479. The predicted octanol–water partition coefficient (Wildman–Crippen LogP) is 4.22. The molecule has 0 unspecified atom stereocenters. The number of rotatable bonds is 3. The van der Waals surface area contributed by atoms with Crippen LogP contribution in [0, 0.1) is 11.2 Å². The molecule has 0 fully saturated rings. The number of carbonyl (C=O) groups excluding carboxylic acids is 1. The minimum atomic E-state index is -0.272. The second-order valence-electron chi connectivity index (χ2n) is 5.63. The molecule has 1 aliphatic rings. The Bertz CT molecular complexity index is 517. The number of aliphatic hydroxyl groups excluding tert-OH is 1. The monoisotopic (exact) mass is 280 g/mol. The molecule has 0 bridgehead atoms. The first-order valence-electron chi connectivity index (χ1n) is 6.20. The van der Waals surface area contributed by atoms with Crippen molar-refractivity contribution in [2.75, 3.05) is 0 Å². The predicted molar refractivity (Wildman–Crippen MR) is 75.4 cm³/mol. The minimum Gasteiger partial charge on any atom is -0.511 e. The summed E-state index contributed by atoms with van der Waals surface area (Å²) in [7, 11) is 0. The Morgan fingerprint density at radius 1 is 1.26 bits per heavy atom. The van der Waals surface area contributed by atoms with E-state index in [4.69, 9.17) is 0 Å². The van der Waals surface area contributed by atoms with Gasteiger partial charge in [0, 0.05) is 18.6 Å². The zero-order valence-electron chi connectivity index (χ0n) is 11.1. The highest BCUT2D eigenvalue weighted by atomic mass is 32.2. The number of ketones is 1. The molecule has 0 atom stereocenters. The van der Waals surface area contributed by atoms with Crippen molar-refractivity contribution in [3.63, 3.8) is 0 Å². The fraction of sp³-hybridized carbons (Fsp3) is 0.400. The van der Waals surface area contributed by atoms with Crippen LogP contribution in [-0.2, 0) is 10.5 Å². The van der Waals surface area contributed by atoms with E-state index in [1.807, 2.05) is 13.8 Å². The molecule has 2 nitrogen and oxygen atoms in total. The molecule has 0 aromatic heterocycles. The van der Waals surface area contributed by atoms with E-state index in [0.29, 0.717) is 23.5 Å². The molecule has 1 aromatic carbocycles. The number of hydrogen-bond acceptors (Lipinski definition) is 3. The van der Waals surface area contributed by atoms with Gasteiger partial charge in [-0.05, 0) is 23.1 Å². The fourth-order valence-corrected chi connectivity index (χ4v) is 3.15. The summed E-state index contributed by atoms with van der Waals surface area (Å²) >= 11 is 1.33. The number of hydrogen-bond donors (Lipinski definition) is 1. The van der Waals surface area contributed by atoms with Gasteiger partial charge in [0.1, 0.15) is 11.6 Å². The second kappa shape index (κ2) is 5.37. The van der Waals surface area contributed by atoms with Crippen LogP contribution >= 0.6 is 11.8 Å². The molecule has 2 rings (SSSR count). The van der Waals surface area contributed by atoms with Crippen LogP contribution in [0.5, 0.6) is 0 Å². The number of thioether (sulfide) groups is 1. The van der Waals surface area contributed by atoms with Crippen LogP contribution in [-0.4, -0.2) is 10.9 Å². The van der Waals surface area contributed by atoms with Crippen LogP contribution in [0.4, 0.5) is 4.39 Å². The van der Waals surface area contributed by atoms with E-state index in [1.54, 1.807) is 12.1 Å². The van der Waals surface area contributed by atoms with Gasteiger partial charge in [0.15, 0.2) is 5.78 Å². The molecule has 0 spiro atoms. The normalized spacial score (nSPS) is 18.8. The molecule has 1 N–H and O–H groups in total. The quantitative estimate of drug-likeness (QED) is 0.900. The lowest BCUT2D eigenvalue weighted by Gasteiger charge is -2.29. The SMILES string of the molecule is CC1(C)CC(=O)C(SCc2ccc(F)cc2)=C(O)C1. The molecule has 19 heavy (non-hydrogen) atoms. The summed E-state index contributed by atoms with van der Waals surface area (Å²) in [5, 5.41) is 9.98. The Balaban J connectivity index is 2.06. The minimum absolute atomic E-state index is 0.000798. The van der Waals surface area contributed by atoms with E-state index in [0.717, 1.165) is 5.56 Å². The zero-order valence-corrected chi connectivity index (χ0v) is 11.9. The maximum absolute atomic E-state index is 12.8. The van der Waals surface area contributed by atoms with Crippen LogP contribution in [0.1, 0.15) is 32.3 Å². The zero-order chi connectivity index (χ0) is 14.0. The summed E-state index contributed by atoms with van der Waals surface area (Å²) in [4.78, 5) is 12.5. The molecule has 1 aromatic rings. The third kappa shape index (κ3) is 3.60. The van der Waals surface area contributed by atoms with Crippen LogP contribution in [0.3, 0.4) is 0 Å². The van der Waals surface area contributed by atoms with Crippen molar-refractivity contribution in [3.8, 4) is 0 Å². The Morgan fingerprint density at radius 2 is 1.89 bits per heavy atom. The standard InChI is InChI=1S/C15H17FO2S/c1-15(2)7-12(17)14(13(18)8-15)19-9-10-3-5-11(16)6-4-10/h3-6,17H,7-9H2,1-2H3. The van der Waals surface area contributed by atoms with Crippen molar-refractivity contribution < 1.29 is 14.3 Å². The third-order valence-electron chi connectivity index (χ3n) is 3.10. The van der Waals surface area contributed by atoms with E-state index < -0.39 is 0 Å². The molecule has 0 amide bonds. The van der Waals surface area contributed by atoms with E-state index in [9.17, 15) is 14.3 Å². The first kappa shape index (κ1) is 14.1. The van der Waals surface area contributed by atoms with Gasteiger partial charge >= 0.3 is 0 Å². The first-order chi connectivity index (χ1) is 8.87. The lowest BCUT2D eigenvalue weighted by atomic mass is 9.79. The largest absolute Gasteiger partial charge is 0.511 e. The van der Waals surface area contributed by atoms with Gasteiger partial charge in [0.25, 0.3) is 0 Å². The highest BCUT2D eigenvalue weighted by Gasteiger charge is 2.33. The summed E-state index contributed by atoms with van der Waals surface area (Å²) in [6.45, 7) is 3.95. The second-order valence-corrected chi connectivity index (χ2v) is 6.62. The van der Waals surface area contributed by atoms with E-state index in [-0.39, 0.29) is 22.8 Å². The van der Waals surface area contributed by atoms with Gasteiger partial charge in [-0.25, -0.2) is 4.39 Å². The maximum atomic E-state index is 12.8. The van der Waals surface area contributed by atoms with Crippen LogP contribution in [0.25, 0.3) is 0 Å². The molecular weight excluding hydrogens is 263 g/mol. The molecule has 0 radical (unpaired) electrons. The van der Waals surface area contributed by atoms with Crippen molar-refractivity contribution >= 4 is 17.5 Å². The highest BCUT2D eigenvalue weighted by molar-refractivity contribution is 8.03. The fourth-order valence-electron chi connectivity index (χ4n) is 2.17. The van der Waals surface area contributed by atoms with Crippen LogP contribution in [0.15, 0.2) is 34.9 Å². The Labute approximate surface area is 116 Å². The van der Waals surface area contributed by atoms with Crippen molar-refractivity contribution in [2.45, 2.75) is 32.4 Å². The van der Waals surface area contributed by atoms with Gasteiger partial charge in [0.05, 0.1) is 4.91 Å². The number of allylic oxidation sites excluding steroid dienone is 2. The molecule has 4 heteroatoms. The van der Waals surface area contributed by atoms with Crippen molar-refractivity contribution in [3.05, 3.63) is 46.3 Å². The lowest BCUT2D eigenvalue weighted by Crippen LogP contribution is -2.24. The summed E-state index contributed by atoms with van der Waals surface area (Å²) in [6.07, 6.45) is 0.993. The van der Waals surface area contributed by atoms with Crippen molar-refractivity contribution in [1.82, 2.24) is 0 Å². The van der Waals surface area contributed by atoms with Crippen molar-refractivity contribution in [2.24, 2.45) is 5.41 Å². The van der Waals surface area contributed by atoms with Crippen LogP contribution in [0.2, 0.25) is 0 Å². The average molecular weight is 280 g/mol. The summed E-state index contributed by atoms with van der Waals surface area (Å²) in [6, 6.07) is 6.18. The average Bonchev–Trinajstić information content (AvgIpc) is 2.29. The molecule has 1 aliphatic carbocycles. The summed E-state index contributed by atoms with van der Waals surface area (Å²) in [5.41, 5.74) is 0.769. The number of aliphatic hydroxyl groups is 1. The number of Topliss-reactive ketones (excluding diaryl/α,β-unsaturated/α-hetero) is 1. The van der Waals surface area contributed by atoms with Crippen molar-refractivity contribution in [1.29, 1.82) is 0 Å². The van der Waals surface area contributed by atoms with E-state index in [1.165, 1.54) is 23.9 Å². The van der Waals surface area contributed by atoms with Gasteiger partial charge in [0.2, 0.25) is 0 Å². The maximum Gasteiger partial charge on any atom is 0.173 e. The molecule has 102 valence electrons. The Kier molecular flexibility index (Phi) is 3.99. The van der Waals surface area contributed by atoms with Gasteiger partial charge in [-0.3, -0.25) is 4.79 Å². The molecule has 0 saturated heterocycles. The molecular formula is C15H17FO2S. The smallest absolute Gasteiger partial charge is 0.173 e. The van der Waals surface area contributed by atoms with E-state index in [2.05, 4.69) is 0 Å². The van der Waals surface area contributed by atoms with Gasteiger partial charge in [-0.1, -0.05) is 26.0 Å². The Morgan fingerprint density at radius 3 is 2.47 bits per heavy atom. The van der Waals surface area contributed by atoms with Crippen LogP contribution < -0.4 is 0 Å². The Hall–Kier alpha value is -1.29. The van der Waals surface area contributed by atoms with Gasteiger partial charge in [-0.2, -0.15) is 0 Å². The summed E-state index contributed by atoms with van der Waals surface area (Å²) < 4.78 is 12.8. The highest BCUT2D eigenvalue weighted by Crippen LogP contribution is 2.40. The molecule has 0 heterocycles. The number of benzene rings is 1. The molecule has 0 saturated carbocycles. The van der Waals surface area contributed by atoms with Gasteiger partial charge < -0.3 is 5.11 Å². The number of carbonyl (C=O) groups is 1. The lowest BCUT2D eigenvalue weighted by molar-refractivity contribution is -0.117.